The summed E-state index contributed by atoms with van der Waals surface area (Å²) in [6.07, 6.45) is 3.70. The van der Waals surface area contributed by atoms with Gasteiger partial charge in [-0.25, -0.2) is 4.39 Å². The Morgan fingerprint density at radius 3 is 2.54 bits per heavy atom. The monoisotopic (exact) mass is 368 g/mol. The van der Waals surface area contributed by atoms with Crippen molar-refractivity contribution in [2.45, 2.75) is 38.3 Å². The van der Waals surface area contributed by atoms with E-state index in [9.17, 15) is 13.6 Å². The summed E-state index contributed by atoms with van der Waals surface area (Å²) in [6, 6.07) is 3.36. The number of amides is 1. The molecule has 7 heteroatoms. The van der Waals surface area contributed by atoms with Crippen LogP contribution in [-0.4, -0.2) is 50.3 Å². The van der Waals surface area contributed by atoms with Crippen LogP contribution in [0, 0.1) is 17.6 Å². The number of hydrogen-bond donors (Lipinski definition) is 1. The standard InChI is InChI=1S/C19H26F2N2O3/c1-25-16-3-2-14(17(20)18(16)21)12-22-19(24)13-4-8-23(9-5-13)15-6-10-26-11-7-15/h2-3,13,15H,4-12H2,1H3,(H,22,24). The minimum Gasteiger partial charge on any atom is -0.494 e. The first-order valence-corrected chi connectivity index (χ1v) is 9.20. The smallest absolute Gasteiger partial charge is 0.223 e. The average Bonchev–Trinajstić information content (AvgIpc) is 2.70. The second kappa shape index (κ2) is 8.77. The molecule has 0 spiro atoms. The molecular weight excluding hydrogens is 342 g/mol. The Bertz CT molecular complexity index is 627. The summed E-state index contributed by atoms with van der Waals surface area (Å²) in [7, 11) is 1.28. The van der Waals surface area contributed by atoms with Gasteiger partial charge in [0.2, 0.25) is 11.7 Å². The van der Waals surface area contributed by atoms with Gasteiger partial charge < -0.3 is 19.7 Å². The molecule has 144 valence electrons. The number of rotatable bonds is 5. The van der Waals surface area contributed by atoms with Crippen LogP contribution in [0.4, 0.5) is 8.78 Å². The third-order valence-corrected chi connectivity index (χ3v) is 5.41. The molecule has 2 aliphatic rings. The van der Waals surface area contributed by atoms with Gasteiger partial charge in [0.25, 0.3) is 0 Å². The minimum absolute atomic E-state index is 0.0221. The fraction of sp³-hybridized carbons (Fsp3) is 0.632. The van der Waals surface area contributed by atoms with Crippen molar-refractivity contribution in [2.24, 2.45) is 5.92 Å². The number of carbonyl (C=O) groups excluding carboxylic acids is 1. The highest BCUT2D eigenvalue weighted by atomic mass is 19.2. The predicted octanol–water partition coefficient (Wildman–Crippen LogP) is 2.48. The van der Waals surface area contributed by atoms with E-state index in [1.165, 1.54) is 19.2 Å². The van der Waals surface area contributed by atoms with Gasteiger partial charge in [0.05, 0.1) is 7.11 Å². The molecule has 0 unspecified atom stereocenters. The zero-order valence-corrected chi connectivity index (χ0v) is 15.1. The lowest BCUT2D eigenvalue weighted by molar-refractivity contribution is -0.127. The maximum atomic E-state index is 14.0. The number of ether oxygens (including phenoxy) is 2. The van der Waals surface area contributed by atoms with Crippen LogP contribution in [-0.2, 0) is 16.1 Å². The average molecular weight is 368 g/mol. The van der Waals surface area contributed by atoms with Crippen molar-refractivity contribution in [1.29, 1.82) is 0 Å². The molecule has 2 saturated heterocycles. The number of carbonyl (C=O) groups is 1. The molecule has 2 aliphatic heterocycles. The van der Waals surface area contributed by atoms with E-state index in [4.69, 9.17) is 9.47 Å². The summed E-state index contributed by atoms with van der Waals surface area (Å²) in [5.74, 6) is -2.30. The highest BCUT2D eigenvalue weighted by Gasteiger charge is 2.29. The largest absolute Gasteiger partial charge is 0.494 e. The lowest BCUT2D eigenvalue weighted by atomic mass is 9.93. The van der Waals surface area contributed by atoms with Crippen LogP contribution < -0.4 is 10.1 Å². The first-order valence-electron chi connectivity index (χ1n) is 9.20. The van der Waals surface area contributed by atoms with E-state index >= 15 is 0 Å². The van der Waals surface area contributed by atoms with Crippen LogP contribution in [0.1, 0.15) is 31.2 Å². The first-order chi connectivity index (χ1) is 12.6. The van der Waals surface area contributed by atoms with Crippen molar-refractivity contribution >= 4 is 5.91 Å². The molecule has 5 nitrogen and oxygen atoms in total. The van der Waals surface area contributed by atoms with E-state index in [2.05, 4.69) is 10.2 Å². The van der Waals surface area contributed by atoms with Crippen molar-refractivity contribution in [3.63, 3.8) is 0 Å². The molecule has 1 N–H and O–H groups in total. The first kappa shape index (κ1) is 19.0. The third-order valence-electron chi connectivity index (χ3n) is 5.41. The number of benzene rings is 1. The molecule has 0 aliphatic carbocycles. The Morgan fingerprint density at radius 2 is 1.88 bits per heavy atom. The molecule has 0 saturated carbocycles. The maximum Gasteiger partial charge on any atom is 0.223 e. The zero-order valence-electron chi connectivity index (χ0n) is 15.1. The van der Waals surface area contributed by atoms with Crippen molar-refractivity contribution < 1.29 is 23.0 Å². The molecule has 1 aromatic rings. The van der Waals surface area contributed by atoms with Crippen molar-refractivity contribution in [3.05, 3.63) is 29.3 Å². The molecule has 1 amide bonds. The van der Waals surface area contributed by atoms with Crippen LogP contribution in [0.3, 0.4) is 0 Å². The summed E-state index contributed by atoms with van der Waals surface area (Å²) in [5, 5.41) is 2.74. The maximum absolute atomic E-state index is 14.0. The van der Waals surface area contributed by atoms with Gasteiger partial charge in [-0.1, -0.05) is 6.07 Å². The third kappa shape index (κ3) is 4.32. The number of hydrogen-bond acceptors (Lipinski definition) is 4. The normalized spacial score (nSPS) is 20.1. The summed E-state index contributed by atoms with van der Waals surface area (Å²) >= 11 is 0. The van der Waals surface area contributed by atoms with Crippen LogP contribution in [0.25, 0.3) is 0 Å². The van der Waals surface area contributed by atoms with E-state index in [0.717, 1.165) is 52.0 Å². The molecule has 0 atom stereocenters. The molecule has 0 radical (unpaired) electrons. The Balaban J connectivity index is 1.48. The van der Waals surface area contributed by atoms with E-state index in [-0.39, 0.29) is 29.7 Å². The highest BCUT2D eigenvalue weighted by molar-refractivity contribution is 5.78. The molecule has 1 aromatic carbocycles. The molecule has 2 fully saturated rings. The fourth-order valence-electron chi connectivity index (χ4n) is 3.77. The predicted molar refractivity (Wildman–Crippen MR) is 92.9 cm³/mol. The van der Waals surface area contributed by atoms with Gasteiger partial charge in [0.1, 0.15) is 0 Å². The molecule has 3 rings (SSSR count). The number of nitrogens with one attached hydrogen (secondary N) is 1. The number of likely N-dealkylation sites (tertiary alicyclic amines) is 1. The van der Waals surface area contributed by atoms with Gasteiger partial charge in [-0.3, -0.25) is 4.79 Å². The van der Waals surface area contributed by atoms with Gasteiger partial charge >= 0.3 is 0 Å². The molecule has 0 bridgehead atoms. The quantitative estimate of drug-likeness (QED) is 0.868. The van der Waals surface area contributed by atoms with Crippen LogP contribution in [0.15, 0.2) is 12.1 Å². The topological polar surface area (TPSA) is 50.8 Å². The van der Waals surface area contributed by atoms with E-state index in [1.807, 2.05) is 0 Å². The molecule has 2 heterocycles. The molecule has 0 aromatic heterocycles. The van der Waals surface area contributed by atoms with Gasteiger partial charge in [0.15, 0.2) is 11.6 Å². The lowest BCUT2D eigenvalue weighted by Crippen LogP contribution is -2.46. The highest BCUT2D eigenvalue weighted by Crippen LogP contribution is 2.24. The summed E-state index contributed by atoms with van der Waals surface area (Å²) < 4.78 is 37.9. The molecular formula is C19H26F2N2O3. The van der Waals surface area contributed by atoms with Crippen LogP contribution in [0.2, 0.25) is 0 Å². The zero-order chi connectivity index (χ0) is 18.5. The van der Waals surface area contributed by atoms with Crippen molar-refractivity contribution in [3.8, 4) is 5.75 Å². The van der Waals surface area contributed by atoms with E-state index < -0.39 is 11.6 Å². The summed E-state index contributed by atoms with van der Waals surface area (Å²) in [6.45, 7) is 3.40. The molecule has 26 heavy (non-hydrogen) atoms. The Kier molecular flexibility index (Phi) is 6.43. The Labute approximate surface area is 152 Å². The lowest BCUT2D eigenvalue weighted by Gasteiger charge is -2.38. The number of nitrogens with zero attached hydrogens (tertiary/aromatic N) is 1. The van der Waals surface area contributed by atoms with Gasteiger partial charge in [0, 0.05) is 37.3 Å². The van der Waals surface area contributed by atoms with E-state index in [0.29, 0.717) is 6.04 Å². The van der Waals surface area contributed by atoms with Crippen molar-refractivity contribution in [1.82, 2.24) is 10.2 Å². The van der Waals surface area contributed by atoms with Crippen molar-refractivity contribution in [2.75, 3.05) is 33.4 Å². The van der Waals surface area contributed by atoms with Gasteiger partial charge in [-0.2, -0.15) is 4.39 Å². The number of piperidine rings is 1. The van der Waals surface area contributed by atoms with Gasteiger partial charge in [-0.05, 0) is 44.8 Å². The second-order valence-corrected chi connectivity index (χ2v) is 6.93. The number of methoxy groups -OCH3 is 1. The minimum atomic E-state index is -1.02. The summed E-state index contributed by atoms with van der Waals surface area (Å²) in [5.41, 5.74) is 0.122. The summed E-state index contributed by atoms with van der Waals surface area (Å²) in [4.78, 5) is 14.8. The fourth-order valence-corrected chi connectivity index (χ4v) is 3.77. The van der Waals surface area contributed by atoms with Gasteiger partial charge in [-0.15, -0.1) is 0 Å². The van der Waals surface area contributed by atoms with E-state index in [1.54, 1.807) is 0 Å². The second-order valence-electron chi connectivity index (χ2n) is 6.93. The van der Waals surface area contributed by atoms with Crippen LogP contribution in [0.5, 0.6) is 5.75 Å². The van der Waals surface area contributed by atoms with Crippen LogP contribution >= 0.6 is 0 Å². The number of halogens is 2. The Hall–Kier alpha value is -1.73. The SMILES string of the molecule is COc1ccc(CNC(=O)C2CCN(C3CCOCC3)CC2)c(F)c1F. The Morgan fingerprint density at radius 1 is 1.19 bits per heavy atom.